The van der Waals surface area contributed by atoms with Gasteiger partial charge in [-0.25, -0.2) is 9.97 Å². The van der Waals surface area contributed by atoms with E-state index in [0.29, 0.717) is 11.4 Å². The molecule has 0 radical (unpaired) electrons. The van der Waals surface area contributed by atoms with E-state index < -0.39 is 5.41 Å². The zero-order valence-corrected chi connectivity index (χ0v) is 28.0. The molecule has 4 nitrogen and oxygen atoms in total. The fourth-order valence-corrected chi connectivity index (χ4v) is 8.05. The summed E-state index contributed by atoms with van der Waals surface area (Å²) in [7, 11) is 0. The van der Waals surface area contributed by atoms with Gasteiger partial charge < -0.3 is 4.74 Å². The van der Waals surface area contributed by atoms with Crippen molar-refractivity contribution in [3.63, 3.8) is 0 Å². The van der Waals surface area contributed by atoms with Crippen molar-refractivity contribution in [2.75, 3.05) is 0 Å². The summed E-state index contributed by atoms with van der Waals surface area (Å²) in [5.41, 5.74) is 13.8. The van der Waals surface area contributed by atoms with Crippen molar-refractivity contribution in [2.45, 2.75) is 5.41 Å². The Morgan fingerprint density at radius 2 is 1.00 bits per heavy atom. The first-order valence-electron chi connectivity index (χ1n) is 17.4. The molecular weight excluding hydrogens is 635 g/mol. The first-order chi connectivity index (χ1) is 25.7. The second kappa shape index (κ2) is 11.8. The van der Waals surface area contributed by atoms with Gasteiger partial charge in [-0.3, -0.25) is 0 Å². The Morgan fingerprint density at radius 1 is 0.423 bits per heavy atom. The highest BCUT2D eigenvalue weighted by Gasteiger charge is 2.51. The molecule has 52 heavy (non-hydrogen) atoms. The maximum absolute atomic E-state index is 9.46. The maximum Gasteiger partial charge on any atom is 0.160 e. The van der Waals surface area contributed by atoms with E-state index in [2.05, 4.69) is 115 Å². The van der Waals surface area contributed by atoms with Gasteiger partial charge in [0.25, 0.3) is 0 Å². The molecule has 7 aromatic carbocycles. The normalized spacial score (nSPS) is 14.8. The number of nitrogens with zero attached hydrogens (tertiary/aromatic N) is 3. The van der Waals surface area contributed by atoms with Crippen molar-refractivity contribution in [1.82, 2.24) is 9.97 Å². The highest BCUT2D eigenvalue weighted by atomic mass is 16.5. The lowest BCUT2D eigenvalue weighted by molar-refractivity contribution is 0.436. The number of fused-ring (bicyclic) bond motifs is 9. The summed E-state index contributed by atoms with van der Waals surface area (Å²) in [5, 5.41) is 9.46. The van der Waals surface area contributed by atoms with Crippen molar-refractivity contribution in [1.29, 1.82) is 5.26 Å². The van der Waals surface area contributed by atoms with Crippen LogP contribution in [0.1, 0.15) is 27.8 Å². The predicted molar refractivity (Wildman–Crippen MR) is 206 cm³/mol. The summed E-state index contributed by atoms with van der Waals surface area (Å²) in [6, 6.07) is 63.0. The molecule has 4 heteroatoms. The Morgan fingerprint density at radius 3 is 1.77 bits per heavy atom. The van der Waals surface area contributed by atoms with Gasteiger partial charge in [-0.15, -0.1) is 0 Å². The molecule has 1 aliphatic heterocycles. The average molecular weight is 664 g/mol. The van der Waals surface area contributed by atoms with Gasteiger partial charge >= 0.3 is 0 Å². The molecule has 1 unspecified atom stereocenters. The Bertz CT molecular complexity index is 2660. The van der Waals surface area contributed by atoms with Crippen LogP contribution < -0.4 is 4.74 Å². The highest BCUT2D eigenvalue weighted by Crippen LogP contribution is 2.62. The Kier molecular flexibility index (Phi) is 6.74. The second-order valence-corrected chi connectivity index (χ2v) is 13.2. The van der Waals surface area contributed by atoms with Gasteiger partial charge in [0, 0.05) is 27.8 Å². The molecule has 2 aliphatic rings. The molecule has 0 N–H and O–H groups in total. The summed E-state index contributed by atoms with van der Waals surface area (Å²) < 4.78 is 6.75. The molecule has 1 spiro atoms. The van der Waals surface area contributed by atoms with Crippen LogP contribution in [0, 0.1) is 11.3 Å². The van der Waals surface area contributed by atoms with E-state index in [-0.39, 0.29) is 0 Å². The third kappa shape index (κ3) is 4.54. The first-order valence-corrected chi connectivity index (χ1v) is 17.4. The van der Waals surface area contributed by atoms with E-state index in [4.69, 9.17) is 14.7 Å². The number of aromatic nitrogens is 2. The number of benzene rings is 7. The van der Waals surface area contributed by atoms with E-state index in [1.54, 1.807) is 0 Å². The monoisotopic (exact) mass is 663 g/mol. The smallest absolute Gasteiger partial charge is 0.160 e. The fraction of sp³-hybridized carbons (Fsp3) is 0.0208. The van der Waals surface area contributed by atoms with E-state index in [1.165, 1.54) is 22.3 Å². The number of nitriles is 1. The maximum atomic E-state index is 9.46. The standard InChI is InChI=1S/C48H29N3O/c49-30-31-19-21-32(22-20-31)35-23-25-38-37-15-7-8-16-39(37)48(41(38)27-35)40-17-9-10-18-45(40)52-46-26-24-36(28-42(46)48)44-29-43(33-11-3-1-4-12-33)50-47(51-44)34-13-5-2-6-14-34/h1-29H. The van der Waals surface area contributed by atoms with Gasteiger partial charge in [0.1, 0.15) is 11.5 Å². The quantitative estimate of drug-likeness (QED) is 0.188. The lowest BCUT2D eigenvalue weighted by Crippen LogP contribution is -2.32. The van der Waals surface area contributed by atoms with E-state index >= 15 is 0 Å². The lowest BCUT2D eigenvalue weighted by Gasteiger charge is -2.39. The van der Waals surface area contributed by atoms with Gasteiger partial charge in [0.2, 0.25) is 0 Å². The minimum absolute atomic E-state index is 0.643. The van der Waals surface area contributed by atoms with Crippen LogP contribution in [0.15, 0.2) is 176 Å². The number of hydrogen-bond donors (Lipinski definition) is 0. The summed E-state index contributed by atoms with van der Waals surface area (Å²) in [6.45, 7) is 0. The molecule has 1 aliphatic carbocycles. The van der Waals surface area contributed by atoms with Gasteiger partial charge in [0.15, 0.2) is 5.82 Å². The second-order valence-electron chi connectivity index (χ2n) is 13.2. The summed E-state index contributed by atoms with van der Waals surface area (Å²) in [6.07, 6.45) is 0. The molecule has 242 valence electrons. The van der Waals surface area contributed by atoms with Crippen LogP contribution >= 0.6 is 0 Å². The van der Waals surface area contributed by atoms with Gasteiger partial charge in [0.05, 0.1) is 28.4 Å². The van der Waals surface area contributed by atoms with Crippen LogP contribution in [-0.2, 0) is 5.41 Å². The van der Waals surface area contributed by atoms with Crippen molar-refractivity contribution >= 4 is 0 Å². The van der Waals surface area contributed by atoms with Gasteiger partial charge in [-0.1, -0.05) is 127 Å². The van der Waals surface area contributed by atoms with Gasteiger partial charge in [-0.05, 0) is 81.9 Å². The molecule has 0 fully saturated rings. The van der Waals surface area contributed by atoms with Gasteiger partial charge in [-0.2, -0.15) is 5.26 Å². The van der Waals surface area contributed by atoms with Crippen molar-refractivity contribution < 1.29 is 4.74 Å². The summed E-state index contributed by atoms with van der Waals surface area (Å²) in [5.74, 6) is 2.33. The molecule has 0 bridgehead atoms. The molecular formula is C48H29N3O. The minimum Gasteiger partial charge on any atom is -0.457 e. The molecule has 0 saturated heterocycles. The SMILES string of the molecule is N#Cc1ccc(-c2ccc3c(c2)C2(c4ccccc4Oc4ccc(-c5cc(-c6ccccc6)nc(-c6ccccc6)n5)cc42)c2ccccc2-3)cc1. The molecule has 0 amide bonds. The Labute approximate surface area is 301 Å². The van der Waals surface area contributed by atoms with Crippen LogP contribution in [0.2, 0.25) is 0 Å². The van der Waals surface area contributed by atoms with Crippen molar-refractivity contribution in [2.24, 2.45) is 0 Å². The van der Waals surface area contributed by atoms with Crippen LogP contribution in [0.5, 0.6) is 11.5 Å². The molecule has 1 atom stereocenters. The molecule has 2 heterocycles. The van der Waals surface area contributed by atoms with Crippen LogP contribution in [0.3, 0.4) is 0 Å². The lowest BCUT2D eigenvalue weighted by atomic mass is 9.65. The van der Waals surface area contributed by atoms with E-state index in [0.717, 1.165) is 61.8 Å². The van der Waals surface area contributed by atoms with E-state index in [9.17, 15) is 5.26 Å². The summed E-state index contributed by atoms with van der Waals surface area (Å²) in [4.78, 5) is 10.2. The summed E-state index contributed by atoms with van der Waals surface area (Å²) >= 11 is 0. The zero-order valence-electron chi connectivity index (χ0n) is 28.0. The van der Waals surface area contributed by atoms with Crippen molar-refractivity contribution in [3.05, 3.63) is 204 Å². The zero-order chi connectivity index (χ0) is 34.6. The third-order valence-corrected chi connectivity index (χ3v) is 10.4. The topological polar surface area (TPSA) is 58.8 Å². The first kappa shape index (κ1) is 29.8. The Hall–Kier alpha value is -7.09. The largest absolute Gasteiger partial charge is 0.457 e. The van der Waals surface area contributed by atoms with Crippen molar-refractivity contribution in [3.8, 4) is 73.7 Å². The van der Waals surface area contributed by atoms with Crippen LogP contribution in [0.25, 0.3) is 56.2 Å². The predicted octanol–water partition coefficient (Wildman–Crippen LogP) is 11.5. The molecule has 8 aromatic rings. The van der Waals surface area contributed by atoms with Crippen LogP contribution in [0.4, 0.5) is 0 Å². The number of hydrogen-bond acceptors (Lipinski definition) is 4. The number of ether oxygens (including phenoxy) is 1. The average Bonchev–Trinajstić information content (AvgIpc) is 3.51. The highest BCUT2D eigenvalue weighted by molar-refractivity contribution is 5.91. The minimum atomic E-state index is -0.660. The molecule has 0 saturated carbocycles. The fourth-order valence-electron chi connectivity index (χ4n) is 8.05. The number of rotatable bonds is 4. The van der Waals surface area contributed by atoms with E-state index in [1.807, 2.05) is 66.7 Å². The molecule has 1 aromatic heterocycles. The Balaban J connectivity index is 1.24. The molecule has 10 rings (SSSR count). The van der Waals surface area contributed by atoms with Crippen LogP contribution in [-0.4, -0.2) is 9.97 Å². The number of para-hydroxylation sites is 1. The third-order valence-electron chi connectivity index (χ3n) is 10.4.